The zero-order valence-corrected chi connectivity index (χ0v) is 14.2. The maximum atomic E-state index is 5.50. The van der Waals surface area contributed by atoms with Gasteiger partial charge in [-0.3, -0.25) is 0 Å². The van der Waals surface area contributed by atoms with Gasteiger partial charge in [0.15, 0.2) is 11.5 Å². The number of morpholine rings is 1. The second kappa shape index (κ2) is 7.74. The number of hydrogen-bond donors (Lipinski definition) is 1. The van der Waals surface area contributed by atoms with Gasteiger partial charge in [0, 0.05) is 24.8 Å². The summed E-state index contributed by atoms with van der Waals surface area (Å²) >= 11 is 1.66. The molecule has 0 saturated carbocycles. The highest BCUT2D eigenvalue weighted by Gasteiger charge is 2.15. The Balaban J connectivity index is 1.71. The standard InChI is InChI=1S/C16H21N3O3S/c1-20-13-5-3-4-12(16(13)21-2)14-10-17-15(23-14)11-18-19-6-8-22-9-7-19/h3-5,10,18H,6-9,11H2,1-2H3. The van der Waals surface area contributed by atoms with E-state index in [9.17, 15) is 0 Å². The SMILES string of the molecule is COc1cccc(-c2cnc(CNN3CCOCC3)s2)c1OC. The topological polar surface area (TPSA) is 55.9 Å². The second-order valence-corrected chi connectivity index (χ2v) is 6.21. The Kier molecular flexibility index (Phi) is 5.45. The van der Waals surface area contributed by atoms with Crippen LogP contribution in [0.15, 0.2) is 24.4 Å². The normalized spacial score (nSPS) is 15.6. The summed E-state index contributed by atoms with van der Waals surface area (Å²) in [5.41, 5.74) is 4.40. The van der Waals surface area contributed by atoms with Crippen LogP contribution in [0.25, 0.3) is 10.4 Å². The maximum Gasteiger partial charge on any atom is 0.169 e. The van der Waals surface area contributed by atoms with E-state index in [4.69, 9.17) is 14.2 Å². The molecule has 1 saturated heterocycles. The highest BCUT2D eigenvalue weighted by atomic mass is 32.1. The first kappa shape index (κ1) is 16.2. The maximum absolute atomic E-state index is 5.50. The van der Waals surface area contributed by atoms with Crippen LogP contribution in [0.2, 0.25) is 0 Å². The van der Waals surface area contributed by atoms with E-state index in [2.05, 4.69) is 15.4 Å². The summed E-state index contributed by atoms with van der Waals surface area (Å²) in [6.07, 6.45) is 1.89. The van der Waals surface area contributed by atoms with Crippen LogP contribution in [0.4, 0.5) is 0 Å². The van der Waals surface area contributed by atoms with E-state index in [0.29, 0.717) is 0 Å². The number of aromatic nitrogens is 1. The quantitative estimate of drug-likeness (QED) is 0.873. The van der Waals surface area contributed by atoms with Crippen molar-refractivity contribution in [2.24, 2.45) is 0 Å². The van der Waals surface area contributed by atoms with Crippen molar-refractivity contribution in [1.29, 1.82) is 0 Å². The van der Waals surface area contributed by atoms with E-state index in [-0.39, 0.29) is 0 Å². The van der Waals surface area contributed by atoms with E-state index in [0.717, 1.165) is 59.8 Å². The first-order chi connectivity index (χ1) is 11.3. The average molecular weight is 335 g/mol. The van der Waals surface area contributed by atoms with Crippen LogP contribution < -0.4 is 14.9 Å². The number of para-hydroxylation sites is 1. The van der Waals surface area contributed by atoms with Crippen molar-refractivity contribution in [3.63, 3.8) is 0 Å². The third-order valence-corrected chi connectivity index (χ3v) is 4.72. The molecule has 2 heterocycles. The van der Waals surface area contributed by atoms with E-state index in [1.165, 1.54) is 0 Å². The minimum atomic E-state index is 0.719. The molecule has 0 atom stereocenters. The zero-order valence-electron chi connectivity index (χ0n) is 13.4. The number of thiazole rings is 1. The number of rotatable bonds is 6. The van der Waals surface area contributed by atoms with Crippen molar-refractivity contribution in [3.8, 4) is 21.9 Å². The van der Waals surface area contributed by atoms with Crippen molar-refractivity contribution in [2.75, 3.05) is 40.5 Å². The summed E-state index contributed by atoms with van der Waals surface area (Å²) in [7, 11) is 3.30. The third-order valence-electron chi connectivity index (χ3n) is 3.69. The van der Waals surface area contributed by atoms with Crippen molar-refractivity contribution in [2.45, 2.75) is 6.54 Å². The van der Waals surface area contributed by atoms with Gasteiger partial charge in [0.05, 0.1) is 38.9 Å². The molecule has 0 amide bonds. The fourth-order valence-electron chi connectivity index (χ4n) is 2.50. The van der Waals surface area contributed by atoms with Crippen molar-refractivity contribution < 1.29 is 14.2 Å². The first-order valence-corrected chi connectivity index (χ1v) is 8.35. The fourth-order valence-corrected chi connectivity index (χ4v) is 3.37. The number of nitrogens with zero attached hydrogens (tertiary/aromatic N) is 2. The summed E-state index contributed by atoms with van der Waals surface area (Å²) in [6, 6.07) is 5.88. The third kappa shape index (κ3) is 3.81. The summed E-state index contributed by atoms with van der Waals surface area (Å²) < 4.78 is 16.2. The van der Waals surface area contributed by atoms with Crippen LogP contribution in [-0.4, -0.2) is 50.5 Å². The number of hydrogen-bond acceptors (Lipinski definition) is 7. The molecule has 0 bridgehead atoms. The van der Waals surface area contributed by atoms with Crippen LogP contribution in [0, 0.1) is 0 Å². The van der Waals surface area contributed by atoms with Crippen molar-refractivity contribution >= 4 is 11.3 Å². The molecular weight excluding hydrogens is 314 g/mol. The van der Waals surface area contributed by atoms with Crippen LogP contribution in [0.5, 0.6) is 11.5 Å². The number of methoxy groups -OCH3 is 2. The molecule has 0 aliphatic carbocycles. The molecule has 124 valence electrons. The van der Waals surface area contributed by atoms with Gasteiger partial charge >= 0.3 is 0 Å². The molecule has 1 aliphatic rings. The molecule has 1 aromatic carbocycles. The van der Waals surface area contributed by atoms with Crippen LogP contribution in [-0.2, 0) is 11.3 Å². The van der Waals surface area contributed by atoms with Crippen LogP contribution >= 0.6 is 11.3 Å². The molecule has 1 aromatic heterocycles. The lowest BCUT2D eigenvalue weighted by Crippen LogP contribution is -2.45. The summed E-state index contributed by atoms with van der Waals surface area (Å²) in [6.45, 7) is 4.08. The predicted octanol–water partition coefficient (Wildman–Crippen LogP) is 2.16. The number of hydrazine groups is 1. The van der Waals surface area contributed by atoms with Gasteiger partial charge in [0.25, 0.3) is 0 Å². The Bertz CT molecular complexity index is 641. The molecule has 7 heteroatoms. The number of benzene rings is 1. The van der Waals surface area contributed by atoms with E-state index >= 15 is 0 Å². The van der Waals surface area contributed by atoms with Crippen molar-refractivity contribution in [1.82, 2.24) is 15.4 Å². The summed E-state index contributed by atoms with van der Waals surface area (Å²) in [4.78, 5) is 5.58. The van der Waals surface area contributed by atoms with Crippen molar-refractivity contribution in [3.05, 3.63) is 29.4 Å². The Labute approximate surface area is 140 Å². The molecule has 0 spiro atoms. The smallest absolute Gasteiger partial charge is 0.169 e. The molecule has 23 heavy (non-hydrogen) atoms. The van der Waals surface area contributed by atoms with Gasteiger partial charge in [0.1, 0.15) is 5.01 Å². The molecule has 0 radical (unpaired) electrons. The fraction of sp³-hybridized carbons (Fsp3) is 0.438. The second-order valence-electron chi connectivity index (χ2n) is 5.09. The van der Waals surface area contributed by atoms with Gasteiger partial charge < -0.3 is 14.2 Å². The molecule has 1 fully saturated rings. The number of nitrogens with one attached hydrogen (secondary N) is 1. The number of ether oxygens (including phenoxy) is 3. The Morgan fingerprint density at radius 3 is 2.83 bits per heavy atom. The lowest BCUT2D eigenvalue weighted by Gasteiger charge is -2.26. The Morgan fingerprint density at radius 1 is 1.26 bits per heavy atom. The van der Waals surface area contributed by atoms with Gasteiger partial charge in [-0.1, -0.05) is 6.07 Å². The molecule has 0 unspecified atom stereocenters. The van der Waals surface area contributed by atoms with Gasteiger partial charge in [-0.15, -0.1) is 11.3 Å². The monoisotopic (exact) mass is 335 g/mol. The average Bonchev–Trinajstić information content (AvgIpc) is 3.09. The Hall–Kier alpha value is -1.67. The summed E-state index contributed by atoms with van der Waals surface area (Å²) in [5.74, 6) is 1.47. The van der Waals surface area contributed by atoms with E-state index in [1.54, 1.807) is 25.6 Å². The molecule has 6 nitrogen and oxygen atoms in total. The molecule has 2 aromatic rings. The van der Waals surface area contributed by atoms with Gasteiger partial charge in [-0.25, -0.2) is 15.4 Å². The largest absolute Gasteiger partial charge is 0.493 e. The highest BCUT2D eigenvalue weighted by Crippen LogP contribution is 2.39. The van der Waals surface area contributed by atoms with Gasteiger partial charge in [0.2, 0.25) is 0 Å². The molecular formula is C16H21N3O3S. The minimum absolute atomic E-state index is 0.719. The van der Waals surface area contributed by atoms with Crippen LogP contribution in [0.3, 0.4) is 0 Å². The van der Waals surface area contributed by atoms with Gasteiger partial charge in [-0.05, 0) is 12.1 Å². The molecule has 1 N–H and O–H groups in total. The molecule has 1 aliphatic heterocycles. The van der Waals surface area contributed by atoms with Crippen LogP contribution in [0.1, 0.15) is 5.01 Å². The minimum Gasteiger partial charge on any atom is -0.493 e. The first-order valence-electron chi connectivity index (χ1n) is 7.54. The van der Waals surface area contributed by atoms with Gasteiger partial charge in [-0.2, -0.15) is 0 Å². The summed E-state index contributed by atoms with van der Waals surface area (Å²) in [5, 5.41) is 3.22. The Morgan fingerprint density at radius 2 is 2.09 bits per heavy atom. The molecule has 3 rings (SSSR count). The van der Waals surface area contributed by atoms with E-state index < -0.39 is 0 Å². The predicted molar refractivity (Wildman–Crippen MR) is 89.9 cm³/mol. The lowest BCUT2D eigenvalue weighted by molar-refractivity contribution is 0.0105. The highest BCUT2D eigenvalue weighted by molar-refractivity contribution is 7.15. The van der Waals surface area contributed by atoms with E-state index in [1.807, 2.05) is 24.4 Å². The zero-order chi connectivity index (χ0) is 16.1. The lowest BCUT2D eigenvalue weighted by atomic mass is 10.1.